The van der Waals surface area contributed by atoms with E-state index >= 15 is 0 Å². The first-order valence-corrected chi connectivity index (χ1v) is 9.17. The van der Waals surface area contributed by atoms with Crippen molar-refractivity contribution >= 4 is 33.0 Å². The van der Waals surface area contributed by atoms with Gasteiger partial charge in [0, 0.05) is 22.7 Å². The van der Waals surface area contributed by atoms with Gasteiger partial charge in [0.1, 0.15) is 6.10 Å². The Balaban J connectivity index is 1.93. The molecule has 5 nitrogen and oxygen atoms in total. The second-order valence-corrected chi connectivity index (χ2v) is 7.78. The van der Waals surface area contributed by atoms with Crippen molar-refractivity contribution in [2.24, 2.45) is 0 Å². The van der Waals surface area contributed by atoms with E-state index in [1.807, 2.05) is 0 Å². The molecule has 2 aliphatic rings. The SMILES string of the molecule is O=C([C@H]1CCCO1)N(c1ccc(Cl)cc1)[C@H]1C=CS(=O)(=O)C1. The van der Waals surface area contributed by atoms with Crippen molar-refractivity contribution < 1.29 is 17.9 Å². The average molecular weight is 342 g/mol. The Morgan fingerprint density at radius 2 is 2.00 bits per heavy atom. The highest BCUT2D eigenvalue weighted by molar-refractivity contribution is 7.94. The summed E-state index contributed by atoms with van der Waals surface area (Å²) in [4.78, 5) is 14.3. The smallest absolute Gasteiger partial charge is 0.256 e. The van der Waals surface area contributed by atoms with Gasteiger partial charge in [-0.1, -0.05) is 11.6 Å². The molecule has 1 amide bonds. The number of carbonyl (C=O) groups is 1. The van der Waals surface area contributed by atoms with E-state index in [1.165, 1.54) is 10.3 Å². The topological polar surface area (TPSA) is 63.7 Å². The van der Waals surface area contributed by atoms with Gasteiger partial charge in [-0.15, -0.1) is 0 Å². The predicted octanol–water partition coefficient (Wildman–Crippen LogP) is 2.16. The van der Waals surface area contributed by atoms with Gasteiger partial charge in [0.15, 0.2) is 9.84 Å². The summed E-state index contributed by atoms with van der Waals surface area (Å²) in [6.45, 7) is 0.559. The van der Waals surface area contributed by atoms with Crippen LogP contribution in [0.1, 0.15) is 12.8 Å². The van der Waals surface area contributed by atoms with Crippen molar-refractivity contribution in [1.82, 2.24) is 0 Å². The molecule has 0 saturated carbocycles. The van der Waals surface area contributed by atoms with Crippen LogP contribution >= 0.6 is 11.6 Å². The number of benzene rings is 1. The standard InChI is InChI=1S/C15H16ClNO4S/c16-11-3-5-12(6-4-11)17(13-7-9-22(19,20)10-13)15(18)14-2-1-8-21-14/h3-7,9,13-14H,1-2,8,10H2/t13-,14+/m0/s1. The van der Waals surface area contributed by atoms with Gasteiger partial charge in [-0.25, -0.2) is 8.42 Å². The molecule has 1 saturated heterocycles. The minimum absolute atomic E-state index is 0.103. The average Bonchev–Trinajstić information content (AvgIpc) is 3.11. The second kappa shape index (κ2) is 6.02. The van der Waals surface area contributed by atoms with Gasteiger partial charge >= 0.3 is 0 Å². The molecule has 0 aromatic heterocycles. The van der Waals surface area contributed by atoms with Crippen LogP contribution in [0.15, 0.2) is 35.7 Å². The summed E-state index contributed by atoms with van der Waals surface area (Å²) < 4.78 is 28.9. The molecule has 2 heterocycles. The van der Waals surface area contributed by atoms with Gasteiger partial charge in [0.25, 0.3) is 5.91 Å². The molecule has 0 radical (unpaired) electrons. The normalized spacial score (nSPS) is 26.2. The fourth-order valence-electron chi connectivity index (χ4n) is 2.73. The summed E-state index contributed by atoms with van der Waals surface area (Å²) in [7, 11) is -3.26. The quantitative estimate of drug-likeness (QED) is 0.845. The Hall–Kier alpha value is -1.37. The summed E-state index contributed by atoms with van der Waals surface area (Å²) in [5.74, 6) is -0.305. The van der Waals surface area contributed by atoms with E-state index in [0.29, 0.717) is 23.7 Å². The Morgan fingerprint density at radius 3 is 2.55 bits per heavy atom. The zero-order valence-corrected chi connectivity index (χ0v) is 13.4. The third-order valence-electron chi connectivity index (χ3n) is 3.79. The highest BCUT2D eigenvalue weighted by Crippen LogP contribution is 2.27. The van der Waals surface area contributed by atoms with Gasteiger partial charge in [0.2, 0.25) is 0 Å². The van der Waals surface area contributed by atoms with Crippen molar-refractivity contribution in [3.63, 3.8) is 0 Å². The highest BCUT2D eigenvalue weighted by atomic mass is 35.5. The van der Waals surface area contributed by atoms with Crippen LogP contribution in [0, 0.1) is 0 Å². The summed E-state index contributed by atoms with van der Waals surface area (Å²) in [6, 6.07) is 6.28. The lowest BCUT2D eigenvalue weighted by Gasteiger charge is -2.29. The summed E-state index contributed by atoms with van der Waals surface area (Å²) in [6.07, 6.45) is 2.54. The molecule has 0 spiro atoms. The maximum atomic E-state index is 12.8. The Labute approximate surface area is 134 Å². The van der Waals surface area contributed by atoms with Crippen LogP contribution in [0.4, 0.5) is 5.69 Å². The lowest BCUT2D eigenvalue weighted by molar-refractivity contribution is -0.127. The summed E-state index contributed by atoms with van der Waals surface area (Å²) in [5, 5.41) is 1.73. The van der Waals surface area contributed by atoms with Crippen LogP contribution in [-0.4, -0.2) is 38.8 Å². The zero-order chi connectivity index (χ0) is 15.7. The van der Waals surface area contributed by atoms with E-state index in [0.717, 1.165) is 6.42 Å². The van der Waals surface area contributed by atoms with Gasteiger partial charge in [-0.2, -0.15) is 0 Å². The molecule has 1 aromatic carbocycles. The van der Waals surface area contributed by atoms with Crippen LogP contribution in [0.3, 0.4) is 0 Å². The largest absolute Gasteiger partial charge is 0.368 e. The Kier molecular flexibility index (Phi) is 4.25. The molecule has 0 bridgehead atoms. The number of nitrogens with zero attached hydrogens (tertiary/aromatic N) is 1. The van der Waals surface area contributed by atoms with E-state index in [-0.39, 0.29) is 11.7 Å². The Morgan fingerprint density at radius 1 is 1.27 bits per heavy atom. The first-order chi connectivity index (χ1) is 10.5. The van der Waals surface area contributed by atoms with Crippen LogP contribution in [-0.2, 0) is 19.4 Å². The number of hydrogen-bond donors (Lipinski definition) is 0. The van der Waals surface area contributed by atoms with Gasteiger partial charge in [-0.05, 0) is 43.2 Å². The van der Waals surface area contributed by atoms with Gasteiger partial charge in [0.05, 0.1) is 11.8 Å². The molecule has 1 aromatic rings. The molecule has 2 aliphatic heterocycles. The number of rotatable bonds is 3. The van der Waals surface area contributed by atoms with Crippen LogP contribution < -0.4 is 4.90 Å². The number of hydrogen-bond acceptors (Lipinski definition) is 4. The van der Waals surface area contributed by atoms with E-state index in [9.17, 15) is 13.2 Å². The second-order valence-electron chi connectivity index (χ2n) is 5.41. The zero-order valence-electron chi connectivity index (χ0n) is 11.8. The molecule has 0 aliphatic carbocycles. The van der Waals surface area contributed by atoms with E-state index in [2.05, 4.69) is 0 Å². The molecular formula is C15H16ClNO4S. The monoisotopic (exact) mass is 341 g/mol. The lowest BCUT2D eigenvalue weighted by atomic mass is 10.1. The minimum Gasteiger partial charge on any atom is -0.368 e. The fourth-order valence-corrected chi connectivity index (χ4v) is 4.13. The van der Waals surface area contributed by atoms with Crippen molar-refractivity contribution in [3.05, 3.63) is 40.8 Å². The first kappa shape index (κ1) is 15.5. The molecule has 0 N–H and O–H groups in total. The number of anilines is 1. The lowest BCUT2D eigenvalue weighted by Crippen LogP contribution is -2.46. The highest BCUT2D eigenvalue weighted by Gasteiger charge is 2.36. The van der Waals surface area contributed by atoms with Crippen LogP contribution in [0.5, 0.6) is 0 Å². The van der Waals surface area contributed by atoms with E-state index < -0.39 is 22.0 Å². The van der Waals surface area contributed by atoms with E-state index in [4.69, 9.17) is 16.3 Å². The Bertz CT molecular complexity index is 693. The number of halogens is 1. The van der Waals surface area contributed by atoms with Crippen molar-refractivity contribution in [2.75, 3.05) is 17.3 Å². The number of ether oxygens (including phenoxy) is 1. The van der Waals surface area contributed by atoms with E-state index in [1.54, 1.807) is 30.3 Å². The molecule has 7 heteroatoms. The van der Waals surface area contributed by atoms with Gasteiger partial charge < -0.3 is 9.64 Å². The number of carbonyl (C=O) groups excluding carboxylic acids is 1. The fraction of sp³-hybridized carbons (Fsp3) is 0.400. The van der Waals surface area contributed by atoms with Crippen molar-refractivity contribution in [3.8, 4) is 0 Å². The minimum atomic E-state index is -3.26. The van der Waals surface area contributed by atoms with Crippen molar-refractivity contribution in [2.45, 2.75) is 25.0 Å². The molecule has 3 rings (SSSR count). The van der Waals surface area contributed by atoms with Crippen molar-refractivity contribution in [1.29, 1.82) is 0 Å². The molecule has 1 fully saturated rings. The maximum absolute atomic E-state index is 12.8. The van der Waals surface area contributed by atoms with Gasteiger partial charge in [-0.3, -0.25) is 4.79 Å². The number of amides is 1. The molecule has 2 atom stereocenters. The summed E-state index contributed by atoms with van der Waals surface area (Å²) in [5.41, 5.74) is 0.622. The molecule has 0 unspecified atom stereocenters. The third-order valence-corrected chi connectivity index (χ3v) is 5.42. The third kappa shape index (κ3) is 3.19. The molecular weight excluding hydrogens is 326 g/mol. The molecule has 118 valence electrons. The van der Waals surface area contributed by atoms with Crippen LogP contribution in [0.25, 0.3) is 0 Å². The molecule has 22 heavy (non-hydrogen) atoms. The van der Waals surface area contributed by atoms with Crippen LogP contribution in [0.2, 0.25) is 5.02 Å². The first-order valence-electron chi connectivity index (χ1n) is 7.07. The number of sulfone groups is 1. The summed E-state index contributed by atoms with van der Waals surface area (Å²) >= 11 is 5.89. The maximum Gasteiger partial charge on any atom is 0.256 e. The predicted molar refractivity (Wildman–Crippen MR) is 84.6 cm³/mol.